The largest absolute Gasteiger partial charge is 0.459 e. The number of hydrogen-bond donors (Lipinski definition) is 1. The second-order valence-electron chi connectivity index (χ2n) is 2.66. The minimum Gasteiger partial charge on any atom is -0.459 e. The molecule has 0 bridgehead atoms. The van der Waals surface area contributed by atoms with E-state index in [1.807, 2.05) is 0 Å². The van der Waals surface area contributed by atoms with Crippen LogP contribution >= 0.6 is 22.6 Å². The van der Waals surface area contributed by atoms with Gasteiger partial charge in [0.05, 0.1) is 0 Å². The summed E-state index contributed by atoms with van der Waals surface area (Å²) >= 11 is 2.13. The fourth-order valence-electron chi connectivity index (χ4n) is 0.933. The van der Waals surface area contributed by atoms with E-state index in [9.17, 15) is 9.90 Å². The maximum Gasteiger partial charge on any atom is 0.338 e. The van der Waals surface area contributed by atoms with E-state index in [2.05, 4.69) is 22.6 Å². The first-order chi connectivity index (χ1) is 4.56. The van der Waals surface area contributed by atoms with E-state index in [-0.39, 0.29) is 6.10 Å². The lowest BCUT2D eigenvalue weighted by Gasteiger charge is -2.07. The lowest BCUT2D eigenvalue weighted by molar-refractivity contribution is -0.153. The molecule has 1 N–H and O–H groups in total. The van der Waals surface area contributed by atoms with Crippen molar-refractivity contribution in [1.82, 2.24) is 0 Å². The van der Waals surface area contributed by atoms with Crippen LogP contribution in [0, 0.1) is 0 Å². The van der Waals surface area contributed by atoms with Crippen molar-refractivity contribution in [3.63, 3.8) is 0 Å². The molecular formula is C6H9IO3. The van der Waals surface area contributed by atoms with Crippen LogP contribution in [-0.2, 0) is 9.53 Å². The van der Waals surface area contributed by atoms with Gasteiger partial charge in [0.15, 0.2) is 5.60 Å². The number of hydrogen-bond acceptors (Lipinski definition) is 3. The van der Waals surface area contributed by atoms with Crippen molar-refractivity contribution in [2.24, 2.45) is 0 Å². The van der Waals surface area contributed by atoms with Crippen molar-refractivity contribution < 1.29 is 14.6 Å². The van der Waals surface area contributed by atoms with Crippen LogP contribution in [-0.4, -0.2) is 27.2 Å². The molecule has 1 heterocycles. The van der Waals surface area contributed by atoms with E-state index in [4.69, 9.17) is 4.74 Å². The quantitative estimate of drug-likeness (QED) is 0.422. The van der Waals surface area contributed by atoms with Gasteiger partial charge in [0, 0.05) is 10.8 Å². The van der Waals surface area contributed by atoms with E-state index in [1.165, 1.54) is 6.92 Å². The van der Waals surface area contributed by atoms with Gasteiger partial charge in [0.25, 0.3) is 0 Å². The number of carbonyl (C=O) groups excluding carboxylic acids is 1. The van der Waals surface area contributed by atoms with Gasteiger partial charge in [-0.05, 0) is 6.92 Å². The number of ether oxygens (including phenoxy) is 1. The predicted molar refractivity (Wildman–Crippen MR) is 44.0 cm³/mol. The first-order valence-electron chi connectivity index (χ1n) is 3.05. The van der Waals surface area contributed by atoms with Gasteiger partial charge in [-0.25, -0.2) is 4.79 Å². The second-order valence-corrected chi connectivity index (χ2v) is 3.54. The van der Waals surface area contributed by atoms with Gasteiger partial charge in [-0.3, -0.25) is 0 Å². The van der Waals surface area contributed by atoms with Gasteiger partial charge in [0.2, 0.25) is 0 Å². The van der Waals surface area contributed by atoms with Crippen LogP contribution in [0.5, 0.6) is 0 Å². The molecule has 58 valence electrons. The molecule has 0 aromatic heterocycles. The van der Waals surface area contributed by atoms with Gasteiger partial charge in [-0.1, -0.05) is 22.6 Å². The Morgan fingerprint density at radius 2 is 2.60 bits per heavy atom. The Morgan fingerprint density at radius 1 is 2.00 bits per heavy atom. The molecule has 0 saturated carbocycles. The number of cyclic esters (lactones) is 1. The normalized spacial score (nSPS) is 39.9. The predicted octanol–water partition coefficient (Wildman–Crippen LogP) is 0.488. The Kier molecular flexibility index (Phi) is 2.19. The Labute approximate surface area is 72.9 Å². The zero-order chi connectivity index (χ0) is 7.78. The van der Waals surface area contributed by atoms with Crippen LogP contribution in [0.25, 0.3) is 0 Å². The lowest BCUT2D eigenvalue weighted by atomic mass is 10.0. The molecule has 4 heteroatoms. The summed E-state index contributed by atoms with van der Waals surface area (Å²) in [5.74, 6) is -0.492. The molecule has 2 atom stereocenters. The van der Waals surface area contributed by atoms with E-state index in [1.54, 1.807) is 0 Å². The minimum absolute atomic E-state index is 0.0944. The van der Waals surface area contributed by atoms with Gasteiger partial charge in [0.1, 0.15) is 6.10 Å². The van der Waals surface area contributed by atoms with E-state index < -0.39 is 11.6 Å². The van der Waals surface area contributed by atoms with Crippen LogP contribution in [0.15, 0.2) is 0 Å². The van der Waals surface area contributed by atoms with Crippen LogP contribution < -0.4 is 0 Å². The summed E-state index contributed by atoms with van der Waals surface area (Å²) in [6.07, 6.45) is 0.331. The molecule has 1 rings (SSSR count). The highest BCUT2D eigenvalue weighted by Gasteiger charge is 2.43. The van der Waals surface area contributed by atoms with Crippen molar-refractivity contribution in [3.05, 3.63) is 0 Å². The van der Waals surface area contributed by atoms with E-state index >= 15 is 0 Å². The maximum absolute atomic E-state index is 10.8. The molecule has 0 spiro atoms. The average molecular weight is 256 g/mol. The molecule has 0 radical (unpaired) electrons. The number of esters is 1. The fraction of sp³-hybridized carbons (Fsp3) is 0.833. The van der Waals surface area contributed by atoms with Crippen LogP contribution in [0.1, 0.15) is 13.3 Å². The maximum atomic E-state index is 10.8. The highest BCUT2D eigenvalue weighted by Crippen LogP contribution is 2.25. The lowest BCUT2D eigenvalue weighted by Crippen LogP contribution is -2.29. The van der Waals surface area contributed by atoms with E-state index in [0.29, 0.717) is 6.42 Å². The summed E-state index contributed by atoms with van der Waals surface area (Å²) in [5.41, 5.74) is -1.24. The van der Waals surface area contributed by atoms with Gasteiger partial charge < -0.3 is 9.84 Å². The third-order valence-electron chi connectivity index (χ3n) is 1.51. The Morgan fingerprint density at radius 3 is 2.80 bits per heavy atom. The summed E-state index contributed by atoms with van der Waals surface area (Å²) in [7, 11) is 0. The van der Waals surface area contributed by atoms with Gasteiger partial charge in [-0.2, -0.15) is 0 Å². The molecule has 1 saturated heterocycles. The monoisotopic (exact) mass is 256 g/mol. The summed E-state index contributed by atoms with van der Waals surface area (Å²) in [6, 6.07) is 0. The Bertz CT molecular complexity index is 155. The average Bonchev–Trinajstić information content (AvgIpc) is 2.08. The topological polar surface area (TPSA) is 46.5 Å². The Balaban J connectivity index is 2.62. The fourth-order valence-corrected chi connectivity index (χ4v) is 1.42. The smallest absolute Gasteiger partial charge is 0.338 e. The van der Waals surface area contributed by atoms with Crippen LogP contribution in [0.4, 0.5) is 0 Å². The van der Waals surface area contributed by atoms with E-state index in [0.717, 1.165) is 4.43 Å². The number of aliphatic hydroxyl groups is 1. The van der Waals surface area contributed by atoms with Gasteiger partial charge in [-0.15, -0.1) is 0 Å². The van der Waals surface area contributed by atoms with Crippen molar-refractivity contribution in [2.75, 3.05) is 4.43 Å². The summed E-state index contributed by atoms with van der Waals surface area (Å²) in [5, 5.41) is 9.29. The molecule has 1 aliphatic heterocycles. The molecule has 0 aliphatic carbocycles. The highest BCUT2D eigenvalue weighted by atomic mass is 127. The number of halogens is 1. The van der Waals surface area contributed by atoms with Crippen molar-refractivity contribution in [3.8, 4) is 0 Å². The molecule has 10 heavy (non-hydrogen) atoms. The van der Waals surface area contributed by atoms with Crippen molar-refractivity contribution >= 4 is 28.6 Å². The Hall–Kier alpha value is 0.160. The SMILES string of the molecule is C[C@@]1(O)C[C@H](CI)OC1=O. The minimum atomic E-state index is -1.24. The highest BCUT2D eigenvalue weighted by molar-refractivity contribution is 14.1. The third-order valence-corrected chi connectivity index (χ3v) is 2.49. The summed E-state index contributed by atoms with van der Waals surface area (Å²) in [6.45, 7) is 1.49. The zero-order valence-corrected chi connectivity index (χ0v) is 7.79. The molecule has 0 unspecified atom stereocenters. The first kappa shape index (κ1) is 8.26. The van der Waals surface area contributed by atoms with Crippen LogP contribution in [0.2, 0.25) is 0 Å². The van der Waals surface area contributed by atoms with Crippen molar-refractivity contribution in [1.29, 1.82) is 0 Å². The third kappa shape index (κ3) is 1.42. The van der Waals surface area contributed by atoms with Crippen LogP contribution in [0.3, 0.4) is 0 Å². The molecule has 0 aromatic carbocycles. The number of alkyl halides is 1. The van der Waals surface area contributed by atoms with Crippen molar-refractivity contribution in [2.45, 2.75) is 25.0 Å². The van der Waals surface area contributed by atoms with Gasteiger partial charge >= 0.3 is 5.97 Å². The summed E-state index contributed by atoms with van der Waals surface area (Å²) < 4.78 is 5.58. The molecule has 0 aromatic rings. The molecular weight excluding hydrogens is 247 g/mol. The molecule has 0 amide bonds. The summed E-state index contributed by atoms with van der Waals surface area (Å²) in [4.78, 5) is 10.8. The molecule has 1 aliphatic rings. The molecule has 1 fully saturated rings. The number of rotatable bonds is 1. The number of carbonyl (C=O) groups is 1. The zero-order valence-electron chi connectivity index (χ0n) is 5.63. The first-order valence-corrected chi connectivity index (χ1v) is 4.58. The second kappa shape index (κ2) is 2.65. The standard InChI is InChI=1S/C6H9IO3/c1-6(9)2-4(3-7)10-5(6)8/h4,9H,2-3H2,1H3/t4-,6-/m1/s1. The molecule has 3 nitrogen and oxygen atoms in total.